The summed E-state index contributed by atoms with van der Waals surface area (Å²) >= 11 is 0. The van der Waals surface area contributed by atoms with E-state index in [1.54, 1.807) is 6.20 Å². The number of nitriles is 1. The Morgan fingerprint density at radius 1 is 1.16 bits per heavy atom. The van der Waals surface area contributed by atoms with Crippen LogP contribution < -0.4 is 4.90 Å². The van der Waals surface area contributed by atoms with E-state index in [1.807, 2.05) is 12.1 Å². The Hall–Kier alpha value is -2.12. The lowest BCUT2D eigenvalue weighted by Gasteiger charge is -2.34. The van der Waals surface area contributed by atoms with Gasteiger partial charge in [0.05, 0.1) is 11.1 Å². The van der Waals surface area contributed by atoms with Gasteiger partial charge in [0, 0.05) is 43.4 Å². The van der Waals surface area contributed by atoms with E-state index in [0.29, 0.717) is 5.56 Å². The van der Waals surface area contributed by atoms with Gasteiger partial charge in [-0.05, 0) is 31.3 Å². The third kappa shape index (κ3) is 2.38. The van der Waals surface area contributed by atoms with Crippen LogP contribution in [0.25, 0.3) is 10.9 Å². The van der Waals surface area contributed by atoms with Crippen molar-refractivity contribution in [2.24, 2.45) is 0 Å². The van der Waals surface area contributed by atoms with Crippen molar-refractivity contribution in [2.75, 3.05) is 38.1 Å². The molecule has 0 radical (unpaired) electrons. The quantitative estimate of drug-likeness (QED) is 0.777. The summed E-state index contributed by atoms with van der Waals surface area (Å²) in [7, 11) is 2.15. The number of nitrogens with zero attached hydrogens (tertiary/aromatic N) is 4. The van der Waals surface area contributed by atoms with Crippen molar-refractivity contribution in [2.45, 2.75) is 0 Å². The molecule has 19 heavy (non-hydrogen) atoms. The number of pyridine rings is 1. The molecule has 1 saturated heterocycles. The van der Waals surface area contributed by atoms with Gasteiger partial charge >= 0.3 is 0 Å². The highest BCUT2D eigenvalue weighted by Crippen LogP contribution is 2.22. The minimum absolute atomic E-state index is 0.614. The molecule has 3 rings (SSSR count). The molecule has 0 amide bonds. The van der Waals surface area contributed by atoms with E-state index in [0.717, 1.165) is 37.1 Å². The van der Waals surface area contributed by atoms with Crippen molar-refractivity contribution in [1.29, 1.82) is 5.26 Å². The summed E-state index contributed by atoms with van der Waals surface area (Å²) < 4.78 is 0. The monoisotopic (exact) mass is 252 g/mol. The molecule has 1 aliphatic heterocycles. The Morgan fingerprint density at radius 2 is 1.95 bits per heavy atom. The Labute approximate surface area is 112 Å². The first-order chi connectivity index (χ1) is 9.26. The number of hydrogen-bond acceptors (Lipinski definition) is 4. The molecule has 96 valence electrons. The lowest BCUT2D eigenvalue weighted by Crippen LogP contribution is -2.44. The van der Waals surface area contributed by atoms with Gasteiger partial charge in [-0.25, -0.2) is 0 Å². The SMILES string of the molecule is CN1CCN(c2ccc3ncc(C#N)cc3c2)CC1. The average Bonchev–Trinajstić information content (AvgIpc) is 2.47. The Balaban J connectivity index is 1.94. The summed E-state index contributed by atoms with van der Waals surface area (Å²) in [5.41, 5.74) is 2.78. The molecule has 2 aromatic rings. The van der Waals surface area contributed by atoms with Crippen molar-refractivity contribution in [3.8, 4) is 6.07 Å². The summed E-state index contributed by atoms with van der Waals surface area (Å²) in [5, 5.41) is 9.98. The molecule has 0 bridgehead atoms. The van der Waals surface area contributed by atoms with E-state index in [9.17, 15) is 0 Å². The molecule has 0 saturated carbocycles. The van der Waals surface area contributed by atoms with Crippen molar-refractivity contribution in [3.63, 3.8) is 0 Å². The highest BCUT2D eigenvalue weighted by molar-refractivity contribution is 5.83. The van der Waals surface area contributed by atoms with E-state index in [4.69, 9.17) is 5.26 Å². The maximum atomic E-state index is 8.94. The summed E-state index contributed by atoms with van der Waals surface area (Å²) in [6.45, 7) is 4.28. The normalized spacial score (nSPS) is 16.5. The zero-order valence-electron chi connectivity index (χ0n) is 11.0. The van der Waals surface area contributed by atoms with Gasteiger partial charge in [-0.15, -0.1) is 0 Å². The van der Waals surface area contributed by atoms with Gasteiger partial charge in [-0.3, -0.25) is 4.98 Å². The van der Waals surface area contributed by atoms with E-state index < -0.39 is 0 Å². The first kappa shape index (κ1) is 11.9. The number of likely N-dealkylation sites (N-methyl/N-ethyl adjacent to an activating group) is 1. The van der Waals surface area contributed by atoms with Gasteiger partial charge in [0.25, 0.3) is 0 Å². The van der Waals surface area contributed by atoms with E-state index >= 15 is 0 Å². The molecule has 2 heterocycles. The smallest absolute Gasteiger partial charge is 0.101 e. The first-order valence-corrected chi connectivity index (χ1v) is 6.50. The third-order valence-electron chi connectivity index (χ3n) is 3.66. The zero-order chi connectivity index (χ0) is 13.2. The van der Waals surface area contributed by atoms with Gasteiger partial charge in [-0.1, -0.05) is 0 Å². The molecule has 1 aliphatic rings. The highest BCUT2D eigenvalue weighted by atomic mass is 15.2. The molecule has 0 unspecified atom stereocenters. The number of fused-ring (bicyclic) bond motifs is 1. The van der Waals surface area contributed by atoms with Crippen LogP contribution in [0.3, 0.4) is 0 Å². The fourth-order valence-electron chi connectivity index (χ4n) is 2.44. The molecule has 1 aromatic carbocycles. The highest BCUT2D eigenvalue weighted by Gasteiger charge is 2.14. The maximum absolute atomic E-state index is 8.94. The van der Waals surface area contributed by atoms with Crippen molar-refractivity contribution < 1.29 is 0 Å². The van der Waals surface area contributed by atoms with Crippen molar-refractivity contribution in [3.05, 3.63) is 36.0 Å². The molecule has 4 nitrogen and oxygen atoms in total. The van der Waals surface area contributed by atoms with Gasteiger partial charge in [0.15, 0.2) is 0 Å². The van der Waals surface area contributed by atoms with Crippen molar-refractivity contribution >= 4 is 16.6 Å². The standard InChI is InChI=1S/C15H16N4/c1-18-4-6-19(7-5-18)14-2-3-15-13(9-14)8-12(10-16)11-17-15/h2-3,8-9,11H,4-7H2,1H3. The molecule has 0 spiro atoms. The summed E-state index contributed by atoms with van der Waals surface area (Å²) in [5.74, 6) is 0. The van der Waals surface area contributed by atoms with Crippen LogP contribution in [0.15, 0.2) is 30.5 Å². The summed E-state index contributed by atoms with van der Waals surface area (Å²) in [4.78, 5) is 9.03. The molecule has 4 heteroatoms. The van der Waals surface area contributed by atoms with Crippen LogP contribution in [0.4, 0.5) is 5.69 Å². The van der Waals surface area contributed by atoms with E-state index in [1.165, 1.54) is 5.69 Å². The number of rotatable bonds is 1. The number of anilines is 1. The van der Waals surface area contributed by atoms with E-state index in [-0.39, 0.29) is 0 Å². The van der Waals surface area contributed by atoms with Gasteiger partial charge < -0.3 is 9.80 Å². The first-order valence-electron chi connectivity index (χ1n) is 6.50. The molecule has 0 N–H and O–H groups in total. The summed E-state index contributed by atoms with van der Waals surface area (Å²) in [6, 6.07) is 10.3. The van der Waals surface area contributed by atoms with Gasteiger partial charge in [0.2, 0.25) is 0 Å². The minimum atomic E-state index is 0.614. The molecule has 0 atom stereocenters. The van der Waals surface area contributed by atoms with Gasteiger partial charge in [-0.2, -0.15) is 5.26 Å². The van der Waals surface area contributed by atoms with Crippen LogP contribution >= 0.6 is 0 Å². The molecular weight excluding hydrogens is 236 g/mol. The fraction of sp³-hybridized carbons (Fsp3) is 0.333. The average molecular weight is 252 g/mol. The lowest BCUT2D eigenvalue weighted by atomic mass is 10.1. The van der Waals surface area contributed by atoms with Crippen LogP contribution in [-0.4, -0.2) is 43.1 Å². The van der Waals surface area contributed by atoms with Gasteiger partial charge in [0.1, 0.15) is 6.07 Å². The van der Waals surface area contributed by atoms with Crippen LogP contribution in [0, 0.1) is 11.3 Å². The Morgan fingerprint density at radius 3 is 2.68 bits per heavy atom. The zero-order valence-corrected chi connectivity index (χ0v) is 11.0. The minimum Gasteiger partial charge on any atom is -0.369 e. The van der Waals surface area contributed by atoms with E-state index in [2.05, 4.69) is 40.0 Å². The fourth-order valence-corrected chi connectivity index (χ4v) is 2.44. The van der Waals surface area contributed by atoms with Crippen LogP contribution in [0.5, 0.6) is 0 Å². The Kier molecular flexibility index (Phi) is 3.06. The summed E-state index contributed by atoms with van der Waals surface area (Å²) in [6.07, 6.45) is 1.62. The number of hydrogen-bond donors (Lipinski definition) is 0. The third-order valence-corrected chi connectivity index (χ3v) is 3.66. The maximum Gasteiger partial charge on any atom is 0.101 e. The van der Waals surface area contributed by atoms with Crippen molar-refractivity contribution in [1.82, 2.24) is 9.88 Å². The molecular formula is C15H16N4. The van der Waals surface area contributed by atoms with Crippen LogP contribution in [-0.2, 0) is 0 Å². The number of aromatic nitrogens is 1. The number of piperazine rings is 1. The predicted octanol–water partition coefficient (Wildman–Crippen LogP) is 1.86. The molecule has 1 aromatic heterocycles. The second kappa shape index (κ2) is 4.87. The Bertz CT molecular complexity index is 636. The molecule has 0 aliphatic carbocycles. The van der Waals surface area contributed by atoms with Crippen LogP contribution in [0.2, 0.25) is 0 Å². The molecule has 1 fully saturated rings. The van der Waals surface area contributed by atoms with Crippen LogP contribution in [0.1, 0.15) is 5.56 Å². The predicted molar refractivity (Wildman–Crippen MR) is 76.2 cm³/mol. The topological polar surface area (TPSA) is 43.2 Å². The second-order valence-electron chi connectivity index (χ2n) is 5.00. The number of benzene rings is 1. The second-order valence-corrected chi connectivity index (χ2v) is 5.00. The largest absolute Gasteiger partial charge is 0.369 e. The lowest BCUT2D eigenvalue weighted by molar-refractivity contribution is 0.313.